The van der Waals surface area contributed by atoms with Crippen LogP contribution in [0.25, 0.3) is 6.08 Å². The van der Waals surface area contributed by atoms with Gasteiger partial charge in [-0.2, -0.15) is 0 Å². The van der Waals surface area contributed by atoms with Crippen LogP contribution >= 0.6 is 0 Å². The molecule has 0 radical (unpaired) electrons. The van der Waals surface area contributed by atoms with Crippen LogP contribution in [0, 0.1) is 0 Å². The molecule has 0 aromatic heterocycles. The van der Waals surface area contributed by atoms with Gasteiger partial charge in [-0.1, -0.05) is 19.1 Å². The summed E-state index contributed by atoms with van der Waals surface area (Å²) in [5.41, 5.74) is -1.59. The number of phenols is 4. The summed E-state index contributed by atoms with van der Waals surface area (Å²) < 4.78 is 5.29. The molecule has 1 atom stereocenters. The third kappa shape index (κ3) is 5.73. The molecular formula is C23H26O10. The first-order valence-electron chi connectivity index (χ1n) is 10.0. The number of phenolic OH excluding ortho intramolecular Hbond substituents is 3. The number of ether oxygens (including phenoxy) is 1. The van der Waals surface area contributed by atoms with Crippen LogP contribution in [-0.4, -0.2) is 59.9 Å². The van der Waals surface area contributed by atoms with E-state index in [-0.39, 0.29) is 41.9 Å². The SMILES string of the molecule is CCC(Cc1cc(CCO)c(O)c(O)c1CO)(OC(=O)C=Cc1ccc(O)c(O)c1)C(=O)O. The molecule has 0 bridgehead atoms. The molecule has 7 N–H and O–H groups in total. The minimum atomic E-state index is -2.07. The Labute approximate surface area is 189 Å². The van der Waals surface area contributed by atoms with Crippen molar-refractivity contribution in [3.63, 3.8) is 0 Å². The van der Waals surface area contributed by atoms with Gasteiger partial charge in [0.15, 0.2) is 23.0 Å². The van der Waals surface area contributed by atoms with E-state index in [9.17, 15) is 45.3 Å². The van der Waals surface area contributed by atoms with Crippen molar-refractivity contribution in [2.45, 2.75) is 38.4 Å². The van der Waals surface area contributed by atoms with Crippen LogP contribution in [0.2, 0.25) is 0 Å². The van der Waals surface area contributed by atoms with Crippen molar-refractivity contribution >= 4 is 18.0 Å². The molecule has 2 aromatic carbocycles. The second-order valence-electron chi connectivity index (χ2n) is 7.33. The lowest BCUT2D eigenvalue weighted by Crippen LogP contribution is -2.45. The van der Waals surface area contributed by atoms with Crippen LogP contribution < -0.4 is 0 Å². The number of hydrogen-bond donors (Lipinski definition) is 7. The Hall–Kier alpha value is -3.76. The molecule has 10 heteroatoms. The van der Waals surface area contributed by atoms with Gasteiger partial charge in [-0.25, -0.2) is 9.59 Å². The number of hydrogen-bond acceptors (Lipinski definition) is 9. The maximum atomic E-state index is 12.4. The van der Waals surface area contributed by atoms with Gasteiger partial charge >= 0.3 is 11.9 Å². The second-order valence-corrected chi connectivity index (χ2v) is 7.33. The fourth-order valence-electron chi connectivity index (χ4n) is 3.30. The normalized spacial score (nSPS) is 13.1. The molecule has 33 heavy (non-hydrogen) atoms. The van der Waals surface area contributed by atoms with Crippen molar-refractivity contribution in [3.05, 3.63) is 52.6 Å². The first-order chi connectivity index (χ1) is 15.6. The third-order valence-corrected chi connectivity index (χ3v) is 5.23. The van der Waals surface area contributed by atoms with Gasteiger partial charge in [-0.05, 0) is 42.2 Å². The number of aliphatic hydroxyl groups is 2. The van der Waals surface area contributed by atoms with E-state index in [0.717, 1.165) is 6.08 Å². The Morgan fingerprint density at radius 2 is 1.70 bits per heavy atom. The van der Waals surface area contributed by atoms with Crippen LogP contribution in [0.3, 0.4) is 0 Å². The molecule has 0 aliphatic carbocycles. The first kappa shape index (κ1) is 25.5. The van der Waals surface area contributed by atoms with Crippen molar-refractivity contribution in [3.8, 4) is 23.0 Å². The number of carbonyl (C=O) groups is 2. The Morgan fingerprint density at radius 1 is 1.00 bits per heavy atom. The minimum absolute atomic E-state index is 0.0354. The molecule has 0 amide bonds. The standard InChI is InChI=1S/C23H26O10/c1-2-23(22(31)32,33-19(28)6-4-13-3-5-17(26)18(27)9-13)11-15-10-14(7-8-24)20(29)21(30)16(15)12-25/h3-6,9-10,24-27,29-30H,2,7-8,11-12H2,1H3,(H,31,32). The van der Waals surface area contributed by atoms with E-state index >= 15 is 0 Å². The molecule has 0 fully saturated rings. The molecule has 0 aliphatic heterocycles. The highest BCUT2D eigenvalue weighted by Gasteiger charge is 2.42. The zero-order valence-corrected chi connectivity index (χ0v) is 17.9. The van der Waals surface area contributed by atoms with Gasteiger partial charge in [-0.3, -0.25) is 0 Å². The topological polar surface area (TPSA) is 185 Å². The van der Waals surface area contributed by atoms with E-state index in [2.05, 4.69) is 0 Å². The molecule has 178 valence electrons. The van der Waals surface area contributed by atoms with Crippen molar-refractivity contribution in [1.82, 2.24) is 0 Å². The van der Waals surface area contributed by atoms with Gasteiger partial charge in [0.05, 0.1) is 6.61 Å². The summed E-state index contributed by atoms with van der Waals surface area (Å²) in [6.07, 6.45) is 1.59. The highest BCUT2D eigenvalue weighted by molar-refractivity contribution is 5.90. The van der Waals surface area contributed by atoms with Crippen molar-refractivity contribution in [2.75, 3.05) is 6.61 Å². The molecule has 10 nitrogen and oxygen atoms in total. The van der Waals surface area contributed by atoms with E-state index in [1.807, 2.05) is 0 Å². The van der Waals surface area contributed by atoms with E-state index < -0.39 is 47.8 Å². The lowest BCUT2D eigenvalue weighted by molar-refractivity contribution is -0.175. The highest BCUT2D eigenvalue weighted by Crippen LogP contribution is 2.38. The van der Waals surface area contributed by atoms with Gasteiger partial charge in [0.25, 0.3) is 0 Å². The van der Waals surface area contributed by atoms with E-state index in [4.69, 9.17) is 4.74 Å². The number of esters is 1. The maximum Gasteiger partial charge on any atom is 0.348 e. The summed E-state index contributed by atoms with van der Waals surface area (Å²) in [5.74, 6) is -4.40. The first-order valence-corrected chi connectivity index (χ1v) is 10.0. The van der Waals surface area contributed by atoms with Crippen molar-refractivity contribution in [1.29, 1.82) is 0 Å². The van der Waals surface area contributed by atoms with Gasteiger partial charge < -0.3 is 40.5 Å². The van der Waals surface area contributed by atoms with Crippen molar-refractivity contribution < 1.29 is 50.1 Å². The summed E-state index contributed by atoms with van der Waals surface area (Å²) >= 11 is 0. The zero-order chi connectivity index (χ0) is 24.8. The lowest BCUT2D eigenvalue weighted by Gasteiger charge is -2.29. The fraction of sp³-hybridized carbons (Fsp3) is 0.304. The molecule has 0 heterocycles. The third-order valence-electron chi connectivity index (χ3n) is 5.23. The molecular weight excluding hydrogens is 436 g/mol. The number of aliphatic hydroxyl groups excluding tert-OH is 2. The Balaban J connectivity index is 2.39. The molecule has 1 unspecified atom stereocenters. The highest BCUT2D eigenvalue weighted by atomic mass is 16.6. The lowest BCUT2D eigenvalue weighted by atomic mass is 9.87. The maximum absolute atomic E-state index is 12.4. The van der Waals surface area contributed by atoms with Crippen LogP contribution in [0.4, 0.5) is 0 Å². The summed E-state index contributed by atoms with van der Waals surface area (Å²) in [6.45, 7) is 0.414. The molecule has 2 aromatic rings. The number of carbonyl (C=O) groups excluding carboxylic acids is 1. The summed E-state index contributed by atoms with van der Waals surface area (Å²) in [5, 5.41) is 67.9. The van der Waals surface area contributed by atoms with Crippen LogP contribution in [0.15, 0.2) is 30.3 Å². The predicted octanol–water partition coefficient (Wildman–Crippen LogP) is 1.57. The van der Waals surface area contributed by atoms with Crippen LogP contribution in [0.1, 0.15) is 35.6 Å². The number of carboxylic acid groups (broad SMARTS) is 1. The van der Waals surface area contributed by atoms with Gasteiger partial charge in [0.1, 0.15) is 0 Å². The van der Waals surface area contributed by atoms with Gasteiger partial charge in [0.2, 0.25) is 5.60 Å². The Morgan fingerprint density at radius 3 is 2.24 bits per heavy atom. The van der Waals surface area contributed by atoms with E-state index in [1.54, 1.807) is 0 Å². The largest absolute Gasteiger partial charge is 0.504 e. The van der Waals surface area contributed by atoms with Crippen molar-refractivity contribution in [2.24, 2.45) is 0 Å². The number of benzene rings is 2. The zero-order valence-electron chi connectivity index (χ0n) is 17.9. The number of aliphatic carboxylic acids is 1. The van der Waals surface area contributed by atoms with Crippen LogP contribution in [0.5, 0.6) is 23.0 Å². The average Bonchev–Trinajstić information content (AvgIpc) is 2.77. The summed E-state index contributed by atoms with van der Waals surface area (Å²) in [7, 11) is 0. The van der Waals surface area contributed by atoms with E-state index in [1.165, 1.54) is 37.3 Å². The smallest absolute Gasteiger partial charge is 0.348 e. The molecule has 0 saturated carbocycles. The number of carboxylic acids is 1. The van der Waals surface area contributed by atoms with Gasteiger partial charge in [0, 0.05) is 30.2 Å². The Bertz CT molecular complexity index is 1060. The molecule has 0 spiro atoms. The quantitative estimate of drug-likeness (QED) is 0.155. The van der Waals surface area contributed by atoms with Gasteiger partial charge in [-0.15, -0.1) is 0 Å². The number of aromatic hydroxyl groups is 4. The molecule has 0 saturated heterocycles. The van der Waals surface area contributed by atoms with E-state index in [0.29, 0.717) is 5.56 Å². The molecule has 0 aliphatic rings. The van der Waals surface area contributed by atoms with Crippen LogP contribution in [-0.2, 0) is 33.8 Å². The minimum Gasteiger partial charge on any atom is -0.504 e. The average molecular weight is 462 g/mol. The number of rotatable bonds is 10. The Kier molecular flexibility index (Phi) is 8.27. The molecule has 2 rings (SSSR count). The summed E-state index contributed by atoms with van der Waals surface area (Å²) in [6, 6.07) is 5.16. The second kappa shape index (κ2) is 10.7. The summed E-state index contributed by atoms with van der Waals surface area (Å²) in [4.78, 5) is 24.6. The monoisotopic (exact) mass is 462 g/mol. The predicted molar refractivity (Wildman–Crippen MR) is 116 cm³/mol. The fourth-order valence-corrected chi connectivity index (χ4v) is 3.30.